The molecule has 3 aromatic rings. The van der Waals surface area contributed by atoms with Crippen molar-refractivity contribution in [2.45, 2.75) is 6.54 Å². The normalized spacial score (nSPS) is 10.8. The number of carbonyl (C=O) groups is 1. The standard InChI is InChI=1S/C14H9IN2O2S/c15-9-3-4-11-10(6-9)14(19)17(8-16-11)7-12(18)13-2-1-5-20-13/h1-6,8H,7H2. The third kappa shape index (κ3) is 2.53. The first-order chi connectivity index (χ1) is 9.65. The zero-order valence-electron chi connectivity index (χ0n) is 10.2. The van der Waals surface area contributed by atoms with Crippen LogP contribution in [0.3, 0.4) is 0 Å². The van der Waals surface area contributed by atoms with Crippen LogP contribution in [0.15, 0.2) is 46.8 Å². The fourth-order valence-corrected chi connectivity index (χ4v) is 3.06. The molecule has 0 N–H and O–H groups in total. The summed E-state index contributed by atoms with van der Waals surface area (Å²) in [6.45, 7) is 0.0216. The van der Waals surface area contributed by atoms with Gasteiger partial charge in [0.2, 0.25) is 0 Å². The van der Waals surface area contributed by atoms with Gasteiger partial charge in [0.25, 0.3) is 5.56 Å². The van der Waals surface area contributed by atoms with E-state index in [4.69, 9.17) is 0 Å². The number of fused-ring (bicyclic) bond motifs is 1. The minimum Gasteiger partial charge on any atom is -0.291 e. The van der Waals surface area contributed by atoms with Gasteiger partial charge in [0.1, 0.15) is 0 Å². The fraction of sp³-hybridized carbons (Fsp3) is 0.0714. The van der Waals surface area contributed by atoms with Crippen LogP contribution in [0.4, 0.5) is 0 Å². The Morgan fingerprint density at radius 2 is 2.20 bits per heavy atom. The summed E-state index contributed by atoms with van der Waals surface area (Å²) >= 11 is 3.52. The molecule has 0 aliphatic heterocycles. The Hall–Kier alpha value is -1.54. The Morgan fingerprint density at radius 3 is 2.95 bits per heavy atom. The molecule has 0 atom stereocenters. The molecule has 100 valence electrons. The van der Waals surface area contributed by atoms with E-state index in [1.165, 1.54) is 22.2 Å². The molecule has 20 heavy (non-hydrogen) atoms. The maximum Gasteiger partial charge on any atom is 0.261 e. The number of ketones is 1. The summed E-state index contributed by atoms with van der Waals surface area (Å²) in [7, 11) is 0. The van der Waals surface area contributed by atoms with Gasteiger partial charge in [0.05, 0.1) is 28.7 Å². The molecule has 2 aromatic heterocycles. The summed E-state index contributed by atoms with van der Waals surface area (Å²) in [4.78, 5) is 29.3. The highest BCUT2D eigenvalue weighted by Crippen LogP contribution is 2.13. The van der Waals surface area contributed by atoms with Crippen molar-refractivity contribution >= 4 is 50.6 Å². The first-order valence-electron chi connectivity index (χ1n) is 5.86. The molecule has 0 aliphatic rings. The van der Waals surface area contributed by atoms with Crippen molar-refractivity contribution in [3.63, 3.8) is 0 Å². The van der Waals surface area contributed by atoms with Gasteiger partial charge in [-0.15, -0.1) is 11.3 Å². The molecule has 1 aromatic carbocycles. The van der Waals surface area contributed by atoms with Crippen molar-refractivity contribution in [1.82, 2.24) is 9.55 Å². The van der Waals surface area contributed by atoms with Crippen LogP contribution in [-0.4, -0.2) is 15.3 Å². The zero-order valence-corrected chi connectivity index (χ0v) is 13.2. The van der Waals surface area contributed by atoms with E-state index in [1.807, 2.05) is 23.6 Å². The molecule has 0 saturated carbocycles. The predicted octanol–water partition coefficient (Wildman–Crippen LogP) is 2.95. The molecule has 2 heterocycles. The number of hydrogen-bond acceptors (Lipinski definition) is 4. The van der Waals surface area contributed by atoms with Gasteiger partial charge in [-0.1, -0.05) is 6.07 Å². The first-order valence-corrected chi connectivity index (χ1v) is 7.82. The smallest absolute Gasteiger partial charge is 0.261 e. The van der Waals surface area contributed by atoms with Crippen molar-refractivity contribution in [3.05, 3.63) is 60.8 Å². The highest BCUT2D eigenvalue weighted by Gasteiger charge is 2.11. The molecule has 0 fully saturated rings. The lowest BCUT2D eigenvalue weighted by atomic mass is 10.2. The summed E-state index contributed by atoms with van der Waals surface area (Å²) in [6, 6.07) is 9.08. The largest absolute Gasteiger partial charge is 0.291 e. The molecule has 0 spiro atoms. The molecule has 0 radical (unpaired) electrons. The Kier molecular flexibility index (Phi) is 3.66. The van der Waals surface area contributed by atoms with Crippen LogP contribution in [0.2, 0.25) is 0 Å². The molecule has 6 heteroatoms. The molecule has 0 aliphatic carbocycles. The van der Waals surface area contributed by atoms with E-state index in [2.05, 4.69) is 27.6 Å². The van der Waals surface area contributed by atoms with E-state index in [0.29, 0.717) is 15.8 Å². The van der Waals surface area contributed by atoms with Crippen molar-refractivity contribution in [1.29, 1.82) is 0 Å². The summed E-state index contributed by atoms with van der Waals surface area (Å²) in [6.07, 6.45) is 1.43. The van der Waals surface area contributed by atoms with Gasteiger partial charge in [-0.2, -0.15) is 0 Å². The number of rotatable bonds is 3. The summed E-state index contributed by atoms with van der Waals surface area (Å²) in [5, 5.41) is 2.38. The van der Waals surface area contributed by atoms with Crippen LogP contribution in [0.5, 0.6) is 0 Å². The Bertz CT molecular complexity index is 840. The highest BCUT2D eigenvalue weighted by atomic mass is 127. The van der Waals surface area contributed by atoms with Crippen LogP contribution in [0.25, 0.3) is 10.9 Å². The second kappa shape index (κ2) is 5.45. The molecule has 0 unspecified atom stereocenters. The molecule has 0 bridgehead atoms. The van der Waals surface area contributed by atoms with Crippen molar-refractivity contribution in [2.24, 2.45) is 0 Å². The molecular formula is C14H9IN2O2S. The van der Waals surface area contributed by atoms with E-state index in [0.717, 1.165) is 3.57 Å². The van der Waals surface area contributed by atoms with Gasteiger partial charge >= 0.3 is 0 Å². The quantitative estimate of drug-likeness (QED) is 0.506. The predicted molar refractivity (Wildman–Crippen MR) is 87.4 cm³/mol. The summed E-state index contributed by atoms with van der Waals surface area (Å²) in [5.41, 5.74) is 0.466. The Labute approximate surface area is 132 Å². The van der Waals surface area contributed by atoms with Crippen molar-refractivity contribution < 1.29 is 4.79 Å². The van der Waals surface area contributed by atoms with Crippen LogP contribution in [0.1, 0.15) is 9.67 Å². The van der Waals surface area contributed by atoms with Crippen LogP contribution >= 0.6 is 33.9 Å². The number of thiophene rings is 1. The van der Waals surface area contributed by atoms with Gasteiger partial charge in [-0.3, -0.25) is 14.2 Å². The maximum atomic E-state index is 12.4. The number of benzene rings is 1. The first kappa shape index (κ1) is 13.4. The average molecular weight is 396 g/mol. The minimum atomic E-state index is -0.182. The number of Topliss-reactive ketones (excluding diaryl/α,β-unsaturated/α-hetero) is 1. The SMILES string of the molecule is O=C(Cn1cnc2ccc(I)cc2c1=O)c1cccs1. The van der Waals surface area contributed by atoms with Crippen LogP contribution in [-0.2, 0) is 6.54 Å². The van der Waals surface area contributed by atoms with E-state index in [-0.39, 0.29) is 17.9 Å². The Morgan fingerprint density at radius 1 is 1.35 bits per heavy atom. The molecular weight excluding hydrogens is 387 g/mol. The average Bonchev–Trinajstić information content (AvgIpc) is 2.96. The number of nitrogens with zero attached hydrogens (tertiary/aromatic N) is 2. The van der Waals surface area contributed by atoms with E-state index in [1.54, 1.807) is 12.1 Å². The van der Waals surface area contributed by atoms with Gasteiger partial charge < -0.3 is 0 Å². The van der Waals surface area contributed by atoms with Gasteiger partial charge in [0, 0.05) is 3.57 Å². The van der Waals surface area contributed by atoms with Crippen LogP contribution in [0, 0.1) is 3.57 Å². The van der Waals surface area contributed by atoms with Gasteiger partial charge in [0.15, 0.2) is 5.78 Å². The monoisotopic (exact) mass is 396 g/mol. The van der Waals surface area contributed by atoms with Crippen molar-refractivity contribution in [2.75, 3.05) is 0 Å². The van der Waals surface area contributed by atoms with E-state index < -0.39 is 0 Å². The third-order valence-electron chi connectivity index (χ3n) is 2.90. The molecule has 4 nitrogen and oxygen atoms in total. The topological polar surface area (TPSA) is 52.0 Å². The second-order valence-electron chi connectivity index (χ2n) is 4.24. The highest BCUT2D eigenvalue weighted by molar-refractivity contribution is 14.1. The number of halogens is 1. The lowest BCUT2D eigenvalue weighted by molar-refractivity contribution is 0.0974. The number of hydrogen-bond donors (Lipinski definition) is 0. The van der Waals surface area contributed by atoms with E-state index in [9.17, 15) is 9.59 Å². The second-order valence-corrected chi connectivity index (χ2v) is 6.43. The number of aromatic nitrogens is 2. The summed E-state index contributed by atoms with van der Waals surface area (Å²) < 4.78 is 2.33. The lowest BCUT2D eigenvalue weighted by Crippen LogP contribution is -2.24. The van der Waals surface area contributed by atoms with E-state index >= 15 is 0 Å². The number of carbonyl (C=O) groups excluding carboxylic acids is 1. The van der Waals surface area contributed by atoms with Gasteiger partial charge in [-0.05, 0) is 52.2 Å². The molecule has 0 amide bonds. The molecule has 0 saturated heterocycles. The van der Waals surface area contributed by atoms with Gasteiger partial charge in [-0.25, -0.2) is 4.98 Å². The Balaban J connectivity index is 2.02. The van der Waals surface area contributed by atoms with Crippen LogP contribution < -0.4 is 5.56 Å². The summed E-state index contributed by atoms with van der Waals surface area (Å²) in [5.74, 6) is -0.0751. The zero-order chi connectivity index (χ0) is 14.1. The lowest BCUT2D eigenvalue weighted by Gasteiger charge is -2.05. The fourth-order valence-electron chi connectivity index (χ4n) is 1.91. The minimum absolute atomic E-state index is 0.0216. The maximum absolute atomic E-state index is 12.4. The molecule has 3 rings (SSSR count). The van der Waals surface area contributed by atoms with Crippen molar-refractivity contribution in [3.8, 4) is 0 Å². The third-order valence-corrected chi connectivity index (χ3v) is 4.48.